The predicted octanol–water partition coefficient (Wildman–Crippen LogP) is 2.11. The van der Waals surface area contributed by atoms with Gasteiger partial charge in [-0.2, -0.15) is 13.2 Å². The molecule has 16 heavy (non-hydrogen) atoms. The van der Waals surface area contributed by atoms with Gasteiger partial charge in [-0.05, 0) is 18.1 Å². The molecule has 0 radical (unpaired) electrons. The lowest BCUT2D eigenvalue weighted by molar-refractivity contribution is -0.144. The van der Waals surface area contributed by atoms with E-state index in [1.54, 1.807) is 13.8 Å². The highest BCUT2D eigenvalue weighted by Crippen LogP contribution is 2.28. The van der Waals surface area contributed by atoms with Crippen molar-refractivity contribution < 1.29 is 13.2 Å². The van der Waals surface area contributed by atoms with Crippen molar-refractivity contribution in [1.29, 1.82) is 0 Å². The molecule has 1 rings (SSSR count). The van der Waals surface area contributed by atoms with E-state index < -0.39 is 17.4 Å². The Morgan fingerprint density at radius 3 is 2.38 bits per heavy atom. The molecule has 0 aliphatic carbocycles. The van der Waals surface area contributed by atoms with Crippen molar-refractivity contribution in [3.8, 4) is 0 Å². The van der Waals surface area contributed by atoms with Gasteiger partial charge in [-0.25, -0.2) is 0 Å². The molecule has 2 N–H and O–H groups in total. The van der Waals surface area contributed by atoms with Crippen LogP contribution in [0.1, 0.15) is 19.5 Å². The van der Waals surface area contributed by atoms with E-state index in [9.17, 15) is 18.0 Å². The number of alkyl halides is 3. The molecule has 0 amide bonds. The van der Waals surface area contributed by atoms with Gasteiger partial charge >= 0.3 is 6.18 Å². The van der Waals surface area contributed by atoms with Gasteiger partial charge in [0.1, 0.15) is 5.69 Å². The van der Waals surface area contributed by atoms with Crippen LogP contribution < -0.4 is 11.3 Å². The number of nitrogens with zero attached hydrogens (tertiary/aromatic N) is 1. The van der Waals surface area contributed by atoms with Crippen molar-refractivity contribution in [1.82, 2.24) is 4.57 Å². The molecule has 0 aliphatic rings. The molecule has 0 unspecified atom stereocenters. The van der Waals surface area contributed by atoms with E-state index in [-0.39, 0.29) is 18.2 Å². The summed E-state index contributed by atoms with van der Waals surface area (Å²) < 4.78 is 38.5. The number of aromatic nitrogens is 1. The van der Waals surface area contributed by atoms with Crippen LogP contribution in [0.2, 0.25) is 0 Å². The number of nitrogens with two attached hydrogens (primary N) is 1. The topological polar surface area (TPSA) is 48.0 Å². The third-order valence-electron chi connectivity index (χ3n) is 2.04. The molecule has 0 aromatic carbocycles. The van der Waals surface area contributed by atoms with Crippen LogP contribution >= 0.6 is 0 Å². The highest BCUT2D eigenvalue weighted by Gasteiger charge is 2.34. The molecule has 0 saturated heterocycles. The van der Waals surface area contributed by atoms with E-state index >= 15 is 0 Å². The average molecular weight is 234 g/mol. The lowest BCUT2D eigenvalue weighted by Gasteiger charge is -2.17. The molecule has 1 heterocycles. The van der Waals surface area contributed by atoms with Crippen LogP contribution in [-0.4, -0.2) is 4.57 Å². The number of pyridine rings is 1. The first-order chi connectivity index (χ1) is 7.23. The number of hydrogen-bond donors (Lipinski definition) is 1. The number of nitrogen functional groups attached to an aromatic ring is 1. The summed E-state index contributed by atoms with van der Waals surface area (Å²) in [7, 11) is 0. The predicted molar refractivity (Wildman–Crippen MR) is 55.0 cm³/mol. The van der Waals surface area contributed by atoms with Gasteiger partial charge in [0.15, 0.2) is 0 Å². The Hall–Kier alpha value is -1.46. The Bertz CT molecular complexity index is 435. The van der Waals surface area contributed by atoms with E-state index in [0.29, 0.717) is 4.57 Å². The fourth-order valence-corrected chi connectivity index (χ4v) is 1.39. The van der Waals surface area contributed by atoms with Crippen molar-refractivity contribution >= 4 is 5.69 Å². The van der Waals surface area contributed by atoms with Crippen LogP contribution in [0.5, 0.6) is 0 Å². The van der Waals surface area contributed by atoms with E-state index in [4.69, 9.17) is 5.73 Å². The fourth-order valence-electron chi connectivity index (χ4n) is 1.39. The van der Waals surface area contributed by atoms with Crippen LogP contribution in [0.4, 0.5) is 18.9 Å². The highest BCUT2D eigenvalue weighted by atomic mass is 19.4. The average Bonchev–Trinajstić information content (AvgIpc) is 2.10. The largest absolute Gasteiger partial charge is 0.431 e. The lowest BCUT2D eigenvalue weighted by Crippen LogP contribution is -2.31. The lowest BCUT2D eigenvalue weighted by atomic mass is 10.2. The van der Waals surface area contributed by atoms with Gasteiger partial charge in [-0.3, -0.25) is 4.79 Å². The minimum absolute atomic E-state index is 0.00127. The summed E-state index contributed by atoms with van der Waals surface area (Å²) in [6.07, 6.45) is -4.54. The van der Waals surface area contributed by atoms with Crippen molar-refractivity contribution in [2.45, 2.75) is 26.6 Å². The zero-order valence-corrected chi connectivity index (χ0v) is 9.01. The zero-order chi connectivity index (χ0) is 12.5. The van der Waals surface area contributed by atoms with Gasteiger partial charge in [0.2, 0.25) is 0 Å². The monoisotopic (exact) mass is 234 g/mol. The molecule has 0 aliphatic heterocycles. The van der Waals surface area contributed by atoms with Crippen molar-refractivity contribution in [3.05, 3.63) is 28.2 Å². The van der Waals surface area contributed by atoms with Gasteiger partial charge in [0, 0.05) is 6.54 Å². The summed E-state index contributed by atoms with van der Waals surface area (Å²) in [5.74, 6) is -0.0689. The second-order valence-corrected chi connectivity index (χ2v) is 3.98. The van der Waals surface area contributed by atoms with Crippen molar-refractivity contribution in [2.24, 2.45) is 5.92 Å². The summed E-state index contributed by atoms with van der Waals surface area (Å²) in [6.45, 7) is 3.46. The van der Waals surface area contributed by atoms with Gasteiger partial charge < -0.3 is 10.3 Å². The molecule has 1 aromatic heterocycles. The maximum absolute atomic E-state index is 12.6. The van der Waals surface area contributed by atoms with E-state index in [1.807, 2.05) is 0 Å². The van der Waals surface area contributed by atoms with Crippen LogP contribution in [0, 0.1) is 5.92 Å². The smallest absolute Gasteiger partial charge is 0.394 e. The summed E-state index contributed by atoms with van der Waals surface area (Å²) in [6, 6.07) is 1.82. The Morgan fingerprint density at radius 2 is 1.94 bits per heavy atom. The standard InChI is InChI=1S/C10H13F3N2O/c1-6(2)5-15-8(10(11,12)13)4-3-7(14)9(15)16/h3-4,6H,5,14H2,1-2H3. The second kappa shape index (κ2) is 4.19. The number of halogens is 3. The molecule has 6 heteroatoms. The number of hydrogen-bond acceptors (Lipinski definition) is 2. The molecular formula is C10H13F3N2O. The fraction of sp³-hybridized carbons (Fsp3) is 0.500. The Labute approximate surface area is 90.7 Å². The highest BCUT2D eigenvalue weighted by molar-refractivity contribution is 5.36. The molecule has 0 bridgehead atoms. The number of rotatable bonds is 2. The van der Waals surface area contributed by atoms with Crippen LogP contribution in [-0.2, 0) is 12.7 Å². The molecule has 90 valence electrons. The first-order valence-corrected chi connectivity index (χ1v) is 4.80. The Balaban J connectivity index is 3.39. The SMILES string of the molecule is CC(C)Cn1c(C(F)(F)F)ccc(N)c1=O. The minimum atomic E-state index is -4.54. The summed E-state index contributed by atoms with van der Waals surface area (Å²) in [4.78, 5) is 11.5. The normalized spacial score (nSPS) is 12.1. The maximum atomic E-state index is 12.6. The van der Waals surface area contributed by atoms with Gasteiger partial charge in [0.05, 0.1) is 5.69 Å². The summed E-state index contributed by atoms with van der Waals surface area (Å²) in [5.41, 5.74) is 3.39. The van der Waals surface area contributed by atoms with Crippen molar-refractivity contribution in [2.75, 3.05) is 5.73 Å². The summed E-state index contributed by atoms with van der Waals surface area (Å²) in [5, 5.41) is 0. The van der Waals surface area contributed by atoms with E-state index in [2.05, 4.69) is 0 Å². The minimum Gasteiger partial charge on any atom is -0.394 e. The van der Waals surface area contributed by atoms with Crippen LogP contribution in [0.3, 0.4) is 0 Å². The molecule has 0 atom stereocenters. The second-order valence-electron chi connectivity index (χ2n) is 3.98. The molecule has 0 fully saturated rings. The molecule has 0 saturated carbocycles. The summed E-state index contributed by atoms with van der Waals surface area (Å²) >= 11 is 0. The van der Waals surface area contributed by atoms with E-state index in [1.165, 1.54) is 0 Å². The van der Waals surface area contributed by atoms with Gasteiger partial charge in [-0.15, -0.1) is 0 Å². The first-order valence-electron chi connectivity index (χ1n) is 4.80. The third-order valence-corrected chi connectivity index (χ3v) is 2.04. The van der Waals surface area contributed by atoms with Crippen molar-refractivity contribution in [3.63, 3.8) is 0 Å². The van der Waals surface area contributed by atoms with Crippen LogP contribution in [0.15, 0.2) is 16.9 Å². The first kappa shape index (κ1) is 12.6. The van der Waals surface area contributed by atoms with E-state index in [0.717, 1.165) is 12.1 Å². The Kier molecular flexibility index (Phi) is 3.30. The number of anilines is 1. The molecular weight excluding hydrogens is 221 g/mol. The van der Waals surface area contributed by atoms with Gasteiger partial charge in [-0.1, -0.05) is 13.8 Å². The van der Waals surface area contributed by atoms with Gasteiger partial charge in [0.25, 0.3) is 5.56 Å². The Morgan fingerprint density at radius 1 is 1.38 bits per heavy atom. The molecule has 0 spiro atoms. The quantitative estimate of drug-likeness (QED) is 0.851. The molecule has 3 nitrogen and oxygen atoms in total. The van der Waals surface area contributed by atoms with Crippen LogP contribution in [0.25, 0.3) is 0 Å². The zero-order valence-electron chi connectivity index (χ0n) is 9.01. The maximum Gasteiger partial charge on any atom is 0.431 e. The molecule has 1 aromatic rings. The third kappa shape index (κ3) is 2.56.